The van der Waals surface area contributed by atoms with Crippen LogP contribution in [0, 0.1) is 12.3 Å². The van der Waals surface area contributed by atoms with Crippen molar-refractivity contribution >= 4 is 6.09 Å². The van der Waals surface area contributed by atoms with Crippen LogP contribution in [0.1, 0.15) is 27.2 Å². The van der Waals surface area contributed by atoms with E-state index in [1.54, 1.807) is 11.8 Å². The maximum Gasteiger partial charge on any atom is 0.409 e. The molecule has 6 nitrogen and oxygen atoms in total. The third kappa shape index (κ3) is 5.84. The van der Waals surface area contributed by atoms with Crippen LogP contribution in [-0.4, -0.2) is 78.6 Å². The van der Waals surface area contributed by atoms with E-state index in [1.165, 1.54) is 0 Å². The first kappa shape index (κ1) is 18.8. The van der Waals surface area contributed by atoms with Crippen molar-refractivity contribution in [2.24, 2.45) is 0 Å². The van der Waals surface area contributed by atoms with Gasteiger partial charge in [0.15, 0.2) is 0 Å². The monoisotopic (exact) mass is 312 g/mol. The van der Waals surface area contributed by atoms with Gasteiger partial charge in [-0.2, -0.15) is 0 Å². The van der Waals surface area contributed by atoms with Crippen molar-refractivity contribution in [3.8, 4) is 12.3 Å². The van der Waals surface area contributed by atoms with E-state index in [1.807, 2.05) is 13.8 Å². The topological polar surface area (TPSA) is 62.2 Å². The first-order chi connectivity index (χ1) is 10.4. The van der Waals surface area contributed by atoms with Crippen molar-refractivity contribution in [2.75, 3.05) is 45.9 Å². The van der Waals surface area contributed by atoms with Gasteiger partial charge in [-0.25, -0.2) is 4.79 Å². The first-order valence-corrected chi connectivity index (χ1v) is 7.88. The quantitative estimate of drug-likeness (QED) is 0.709. The molecule has 0 spiro atoms. The Labute approximate surface area is 133 Å². The van der Waals surface area contributed by atoms with Gasteiger partial charge in [0.2, 0.25) is 0 Å². The Kier molecular flexibility index (Phi) is 7.66. The van der Waals surface area contributed by atoms with Crippen LogP contribution >= 0.6 is 0 Å². The van der Waals surface area contributed by atoms with Crippen LogP contribution < -0.4 is 0 Å². The van der Waals surface area contributed by atoms with Gasteiger partial charge >= 0.3 is 6.09 Å². The molecule has 1 amide bonds. The highest BCUT2D eigenvalue weighted by Gasteiger charge is 2.25. The van der Waals surface area contributed by atoms with E-state index in [4.69, 9.17) is 15.9 Å². The predicted molar refractivity (Wildman–Crippen MR) is 84.5 cm³/mol. The molecule has 0 aromatic rings. The zero-order chi connectivity index (χ0) is 16.6. The van der Waals surface area contributed by atoms with Crippen molar-refractivity contribution in [3.05, 3.63) is 0 Å². The molecule has 22 heavy (non-hydrogen) atoms. The Morgan fingerprint density at radius 1 is 1.36 bits per heavy atom. The fourth-order valence-corrected chi connectivity index (χ4v) is 2.20. The van der Waals surface area contributed by atoms with Gasteiger partial charge in [0, 0.05) is 32.7 Å². The second-order valence-electron chi connectivity index (χ2n) is 5.68. The summed E-state index contributed by atoms with van der Waals surface area (Å²) >= 11 is 0. The highest BCUT2D eigenvalue weighted by molar-refractivity contribution is 5.67. The van der Waals surface area contributed by atoms with E-state index in [0.717, 1.165) is 13.1 Å². The number of nitrogens with zero attached hydrogens (tertiary/aromatic N) is 2. The summed E-state index contributed by atoms with van der Waals surface area (Å²) in [5.74, 6) is 2.61. The van der Waals surface area contributed by atoms with Crippen molar-refractivity contribution in [1.82, 2.24) is 9.80 Å². The number of carbonyl (C=O) groups excluding carboxylic acids is 1. The molecule has 126 valence electrons. The van der Waals surface area contributed by atoms with Crippen LogP contribution in [0.5, 0.6) is 0 Å². The normalized spacial score (nSPS) is 20.0. The van der Waals surface area contributed by atoms with E-state index in [0.29, 0.717) is 32.7 Å². The lowest BCUT2D eigenvalue weighted by molar-refractivity contribution is -0.0497. The van der Waals surface area contributed by atoms with Crippen LogP contribution in [0.4, 0.5) is 4.79 Å². The van der Waals surface area contributed by atoms with E-state index >= 15 is 0 Å². The fraction of sp³-hybridized carbons (Fsp3) is 0.812. The Morgan fingerprint density at radius 2 is 2.00 bits per heavy atom. The van der Waals surface area contributed by atoms with Gasteiger partial charge in [-0.15, -0.1) is 6.42 Å². The van der Waals surface area contributed by atoms with E-state index in [2.05, 4.69) is 10.8 Å². The number of terminal acetylenes is 1. The predicted octanol–water partition coefficient (Wildman–Crippen LogP) is 0.940. The standard InChI is InChI=1S/C16H28N2O4/c1-5-16(4,6-2)22-13-14(19)12-17-8-10-18(11-9-17)15(20)21-7-3/h1,14,19H,6-13H2,2-4H3. The SMILES string of the molecule is C#CC(C)(CC)OCC(O)CN1CCN(C(=O)OCC)CC1. The summed E-state index contributed by atoms with van der Waals surface area (Å²) < 4.78 is 10.6. The van der Waals surface area contributed by atoms with Crippen LogP contribution in [-0.2, 0) is 9.47 Å². The molecule has 2 atom stereocenters. The van der Waals surface area contributed by atoms with Gasteiger partial charge < -0.3 is 19.5 Å². The highest BCUT2D eigenvalue weighted by atomic mass is 16.6. The Balaban J connectivity index is 2.29. The second kappa shape index (κ2) is 8.99. The Hall–Kier alpha value is -1.29. The van der Waals surface area contributed by atoms with Crippen LogP contribution in [0.2, 0.25) is 0 Å². The number of ether oxygens (including phenoxy) is 2. The molecule has 0 aromatic carbocycles. The van der Waals surface area contributed by atoms with E-state index in [-0.39, 0.29) is 12.7 Å². The van der Waals surface area contributed by atoms with Gasteiger partial charge in [-0.1, -0.05) is 12.8 Å². The van der Waals surface area contributed by atoms with Crippen molar-refractivity contribution < 1.29 is 19.4 Å². The molecule has 6 heteroatoms. The molecule has 0 aromatic heterocycles. The molecule has 2 unspecified atom stereocenters. The van der Waals surface area contributed by atoms with Gasteiger partial charge in [-0.05, 0) is 20.3 Å². The van der Waals surface area contributed by atoms with E-state index in [9.17, 15) is 9.90 Å². The number of rotatable bonds is 7. The van der Waals surface area contributed by atoms with Crippen molar-refractivity contribution in [3.63, 3.8) is 0 Å². The minimum atomic E-state index is -0.621. The van der Waals surface area contributed by atoms with Crippen molar-refractivity contribution in [2.45, 2.75) is 38.9 Å². The van der Waals surface area contributed by atoms with E-state index < -0.39 is 11.7 Å². The average Bonchev–Trinajstić information content (AvgIpc) is 2.53. The second-order valence-corrected chi connectivity index (χ2v) is 5.68. The number of β-amino-alcohol motifs (C(OH)–C–C–N with tert-alkyl or cyclic N) is 1. The summed E-state index contributed by atoms with van der Waals surface area (Å²) in [4.78, 5) is 15.4. The van der Waals surface area contributed by atoms with Gasteiger partial charge in [-0.3, -0.25) is 4.90 Å². The van der Waals surface area contributed by atoms with Crippen molar-refractivity contribution in [1.29, 1.82) is 0 Å². The zero-order valence-electron chi connectivity index (χ0n) is 13.9. The third-order valence-electron chi connectivity index (χ3n) is 3.94. The number of aliphatic hydroxyl groups excluding tert-OH is 1. The lowest BCUT2D eigenvalue weighted by Crippen LogP contribution is -2.51. The number of piperazine rings is 1. The average molecular weight is 312 g/mol. The number of carbonyl (C=O) groups is 1. The summed E-state index contributed by atoms with van der Waals surface area (Å²) in [7, 11) is 0. The first-order valence-electron chi connectivity index (χ1n) is 7.88. The number of aliphatic hydroxyl groups is 1. The maximum absolute atomic E-state index is 11.6. The summed E-state index contributed by atoms with van der Waals surface area (Å²) in [6, 6.07) is 0. The number of hydrogen-bond donors (Lipinski definition) is 1. The molecule has 1 rings (SSSR count). The lowest BCUT2D eigenvalue weighted by Gasteiger charge is -2.35. The van der Waals surface area contributed by atoms with Crippen LogP contribution in [0.3, 0.4) is 0 Å². The summed E-state index contributed by atoms with van der Waals surface area (Å²) in [6.45, 7) is 9.39. The maximum atomic E-state index is 11.6. The molecule has 1 heterocycles. The van der Waals surface area contributed by atoms with Crippen LogP contribution in [0.25, 0.3) is 0 Å². The molecule has 0 aliphatic carbocycles. The molecule has 0 bridgehead atoms. The van der Waals surface area contributed by atoms with Gasteiger partial charge in [0.05, 0.1) is 19.3 Å². The summed E-state index contributed by atoms with van der Waals surface area (Å²) in [5, 5.41) is 10.1. The Bertz CT molecular complexity index is 388. The Morgan fingerprint density at radius 3 is 2.50 bits per heavy atom. The van der Waals surface area contributed by atoms with Gasteiger partial charge in [0.25, 0.3) is 0 Å². The zero-order valence-corrected chi connectivity index (χ0v) is 13.9. The number of amides is 1. The molecule has 0 radical (unpaired) electrons. The molecule has 1 fully saturated rings. The molecule has 1 N–H and O–H groups in total. The molecule has 0 saturated carbocycles. The molecule has 1 aliphatic rings. The minimum Gasteiger partial charge on any atom is -0.450 e. The minimum absolute atomic E-state index is 0.215. The summed E-state index contributed by atoms with van der Waals surface area (Å²) in [6.07, 6.45) is 5.29. The molecular weight excluding hydrogens is 284 g/mol. The van der Waals surface area contributed by atoms with Gasteiger partial charge in [0.1, 0.15) is 5.60 Å². The largest absolute Gasteiger partial charge is 0.450 e. The lowest BCUT2D eigenvalue weighted by atomic mass is 10.1. The molecular formula is C16H28N2O4. The third-order valence-corrected chi connectivity index (χ3v) is 3.94. The fourth-order valence-electron chi connectivity index (χ4n) is 2.20. The van der Waals surface area contributed by atoms with Crippen LogP contribution in [0.15, 0.2) is 0 Å². The summed E-state index contributed by atoms with van der Waals surface area (Å²) in [5.41, 5.74) is -0.621. The smallest absolute Gasteiger partial charge is 0.409 e. The highest BCUT2D eigenvalue weighted by Crippen LogP contribution is 2.14. The number of hydrogen-bond acceptors (Lipinski definition) is 5. The molecule has 1 saturated heterocycles. The molecule has 1 aliphatic heterocycles.